The summed E-state index contributed by atoms with van der Waals surface area (Å²) >= 11 is 5.82. The molecule has 0 unspecified atom stereocenters. The van der Waals surface area contributed by atoms with Gasteiger partial charge in [0, 0.05) is 18.4 Å². The molecule has 1 aromatic carbocycles. The van der Waals surface area contributed by atoms with Crippen molar-refractivity contribution in [2.75, 3.05) is 0 Å². The first kappa shape index (κ1) is 9.09. The quantitative estimate of drug-likeness (QED) is 0.737. The van der Waals surface area contributed by atoms with E-state index in [1.807, 2.05) is 0 Å². The molecule has 14 heavy (non-hydrogen) atoms. The SMILES string of the molecule is CC(=O)c1cc2cc(O)cc(Cl)c2o1. The average molecular weight is 211 g/mol. The summed E-state index contributed by atoms with van der Waals surface area (Å²) in [4.78, 5) is 11.0. The zero-order chi connectivity index (χ0) is 10.3. The maximum atomic E-state index is 11.0. The highest BCUT2D eigenvalue weighted by atomic mass is 35.5. The zero-order valence-electron chi connectivity index (χ0n) is 7.37. The number of furan rings is 1. The highest BCUT2D eigenvalue weighted by Crippen LogP contribution is 2.31. The van der Waals surface area contributed by atoms with E-state index in [1.165, 1.54) is 19.1 Å². The molecule has 72 valence electrons. The van der Waals surface area contributed by atoms with Gasteiger partial charge in [-0.05, 0) is 12.1 Å². The van der Waals surface area contributed by atoms with Gasteiger partial charge in [0.2, 0.25) is 0 Å². The molecule has 0 aliphatic carbocycles. The molecule has 2 aromatic rings. The number of hydrogen-bond donors (Lipinski definition) is 1. The molecule has 0 spiro atoms. The van der Waals surface area contributed by atoms with Crippen LogP contribution in [0.5, 0.6) is 5.75 Å². The van der Waals surface area contributed by atoms with Crippen LogP contribution in [0.4, 0.5) is 0 Å². The lowest BCUT2D eigenvalue weighted by atomic mass is 10.2. The number of rotatable bonds is 1. The molecule has 3 nitrogen and oxygen atoms in total. The van der Waals surface area contributed by atoms with Crippen molar-refractivity contribution in [1.82, 2.24) is 0 Å². The number of hydrogen-bond acceptors (Lipinski definition) is 3. The third-order valence-corrected chi connectivity index (χ3v) is 2.18. The van der Waals surface area contributed by atoms with Gasteiger partial charge in [0.25, 0.3) is 0 Å². The predicted molar refractivity (Wildman–Crippen MR) is 52.9 cm³/mol. The number of aromatic hydroxyl groups is 1. The Labute approximate surface area is 84.9 Å². The number of phenolic OH excluding ortho intramolecular Hbond substituents is 1. The number of fused-ring (bicyclic) bond motifs is 1. The molecule has 4 heteroatoms. The van der Waals surface area contributed by atoms with E-state index in [-0.39, 0.29) is 17.3 Å². The predicted octanol–water partition coefficient (Wildman–Crippen LogP) is 2.99. The summed E-state index contributed by atoms with van der Waals surface area (Å²) in [5.41, 5.74) is 0.426. The van der Waals surface area contributed by atoms with E-state index in [2.05, 4.69) is 0 Å². The fourth-order valence-electron chi connectivity index (χ4n) is 1.27. The summed E-state index contributed by atoms with van der Waals surface area (Å²) in [6, 6.07) is 4.43. The van der Waals surface area contributed by atoms with Gasteiger partial charge in [0.15, 0.2) is 17.1 Å². The van der Waals surface area contributed by atoms with Gasteiger partial charge in [-0.1, -0.05) is 11.6 Å². The van der Waals surface area contributed by atoms with Gasteiger partial charge < -0.3 is 9.52 Å². The average Bonchev–Trinajstić information content (AvgIpc) is 2.47. The van der Waals surface area contributed by atoms with Crippen LogP contribution in [0, 0.1) is 0 Å². The molecule has 0 aliphatic heterocycles. The van der Waals surface area contributed by atoms with Crippen molar-refractivity contribution in [2.24, 2.45) is 0 Å². The number of carbonyl (C=O) groups is 1. The molecule has 0 radical (unpaired) electrons. The molecular weight excluding hydrogens is 204 g/mol. The van der Waals surface area contributed by atoms with Crippen LogP contribution in [0.15, 0.2) is 22.6 Å². The van der Waals surface area contributed by atoms with Crippen LogP contribution < -0.4 is 0 Å². The topological polar surface area (TPSA) is 50.4 Å². The van der Waals surface area contributed by atoms with Crippen molar-refractivity contribution in [2.45, 2.75) is 6.92 Å². The standard InChI is InChI=1S/C10H7ClO3/c1-5(12)9-3-6-2-7(13)4-8(11)10(6)14-9/h2-4,13H,1H3. The van der Waals surface area contributed by atoms with Gasteiger partial charge in [-0.15, -0.1) is 0 Å². The van der Waals surface area contributed by atoms with E-state index in [4.69, 9.17) is 16.0 Å². The second kappa shape index (κ2) is 3.03. The van der Waals surface area contributed by atoms with Gasteiger partial charge in [0.1, 0.15) is 5.75 Å². The molecule has 1 N–H and O–H groups in total. The lowest BCUT2D eigenvalue weighted by Gasteiger charge is -1.93. The summed E-state index contributed by atoms with van der Waals surface area (Å²) < 4.78 is 5.22. The normalized spacial score (nSPS) is 10.7. The second-order valence-electron chi connectivity index (χ2n) is 3.01. The summed E-state index contributed by atoms with van der Waals surface area (Å²) in [6.45, 7) is 1.41. The van der Waals surface area contributed by atoms with E-state index in [9.17, 15) is 9.90 Å². The molecule has 0 saturated heterocycles. The molecule has 1 aromatic heterocycles. The lowest BCUT2D eigenvalue weighted by Crippen LogP contribution is -1.85. The van der Waals surface area contributed by atoms with Gasteiger partial charge in [-0.25, -0.2) is 0 Å². The molecule has 0 amide bonds. The molecule has 0 bridgehead atoms. The van der Waals surface area contributed by atoms with Crippen LogP contribution in [0.3, 0.4) is 0 Å². The molecule has 0 saturated carbocycles. The Morgan fingerprint density at radius 3 is 2.79 bits per heavy atom. The van der Waals surface area contributed by atoms with Crippen LogP contribution in [0.1, 0.15) is 17.5 Å². The fraction of sp³-hybridized carbons (Fsp3) is 0.100. The Kier molecular flexibility index (Phi) is 1.97. The zero-order valence-corrected chi connectivity index (χ0v) is 8.13. The van der Waals surface area contributed by atoms with Crippen molar-refractivity contribution in [1.29, 1.82) is 0 Å². The van der Waals surface area contributed by atoms with Crippen LogP contribution in [-0.2, 0) is 0 Å². The first-order valence-electron chi connectivity index (χ1n) is 4.01. The summed E-state index contributed by atoms with van der Waals surface area (Å²) in [5.74, 6) is 0.127. The maximum Gasteiger partial charge on any atom is 0.194 e. The van der Waals surface area contributed by atoms with E-state index < -0.39 is 0 Å². The van der Waals surface area contributed by atoms with E-state index in [1.54, 1.807) is 6.07 Å². The first-order valence-corrected chi connectivity index (χ1v) is 4.38. The third-order valence-electron chi connectivity index (χ3n) is 1.90. The summed E-state index contributed by atoms with van der Waals surface area (Å²) in [5, 5.41) is 10.2. The Morgan fingerprint density at radius 1 is 1.43 bits per heavy atom. The summed E-state index contributed by atoms with van der Waals surface area (Å²) in [6.07, 6.45) is 0. The third kappa shape index (κ3) is 1.36. The van der Waals surface area contributed by atoms with Crippen LogP contribution in [-0.4, -0.2) is 10.9 Å². The van der Waals surface area contributed by atoms with Crippen molar-refractivity contribution >= 4 is 28.4 Å². The highest BCUT2D eigenvalue weighted by Gasteiger charge is 2.11. The van der Waals surface area contributed by atoms with Gasteiger partial charge in [0.05, 0.1) is 5.02 Å². The Bertz CT molecular complexity index is 513. The number of carbonyl (C=O) groups excluding carboxylic acids is 1. The first-order chi connectivity index (χ1) is 6.58. The monoisotopic (exact) mass is 210 g/mol. The Hall–Kier alpha value is -1.48. The van der Waals surface area contributed by atoms with Gasteiger partial charge in [-0.2, -0.15) is 0 Å². The molecular formula is C10H7ClO3. The maximum absolute atomic E-state index is 11.0. The smallest absolute Gasteiger partial charge is 0.194 e. The molecule has 0 atom stereocenters. The van der Waals surface area contributed by atoms with E-state index in [0.717, 1.165) is 0 Å². The second-order valence-corrected chi connectivity index (χ2v) is 3.42. The minimum Gasteiger partial charge on any atom is -0.508 e. The number of phenols is 1. The summed E-state index contributed by atoms with van der Waals surface area (Å²) in [7, 11) is 0. The highest BCUT2D eigenvalue weighted by molar-refractivity contribution is 6.35. The van der Waals surface area contributed by atoms with Crippen molar-refractivity contribution < 1.29 is 14.3 Å². The molecule has 0 fully saturated rings. The minimum absolute atomic E-state index is 0.0541. The number of benzene rings is 1. The lowest BCUT2D eigenvalue weighted by molar-refractivity contribution is 0.0989. The van der Waals surface area contributed by atoms with Crippen molar-refractivity contribution in [3.8, 4) is 5.75 Å². The van der Waals surface area contributed by atoms with Crippen molar-refractivity contribution in [3.63, 3.8) is 0 Å². The fourth-order valence-corrected chi connectivity index (χ4v) is 1.53. The van der Waals surface area contributed by atoms with Gasteiger partial charge >= 0.3 is 0 Å². The Morgan fingerprint density at radius 2 is 2.14 bits per heavy atom. The van der Waals surface area contributed by atoms with Gasteiger partial charge in [-0.3, -0.25) is 4.79 Å². The number of ketones is 1. The molecule has 0 aliphatic rings. The van der Waals surface area contributed by atoms with Crippen LogP contribution in [0.2, 0.25) is 5.02 Å². The Balaban J connectivity index is 2.76. The molecule has 2 rings (SSSR count). The van der Waals surface area contributed by atoms with Crippen LogP contribution >= 0.6 is 11.6 Å². The number of halogens is 1. The molecule has 1 heterocycles. The van der Waals surface area contributed by atoms with E-state index in [0.29, 0.717) is 16.0 Å². The van der Waals surface area contributed by atoms with Crippen molar-refractivity contribution in [3.05, 3.63) is 29.0 Å². The van der Waals surface area contributed by atoms with E-state index >= 15 is 0 Å². The minimum atomic E-state index is -0.170. The largest absolute Gasteiger partial charge is 0.508 e. The number of Topliss-reactive ketones (excluding diaryl/α,β-unsaturated/α-hetero) is 1. The van der Waals surface area contributed by atoms with Crippen LogP contribution in [0.25, 0.3) is 11.0 Å².